The maximum atomic E-state index is 11.9. The Balaban J connectivity index is 4.72. The van der Waals surface area contributed by atoms with E-state index in [1.54, 1.807) is 0 Å². The Morgan fingerprint density at radius 1 is 1.30 bits per heavy atom. The van der Waals surface area contributed by atoms with Gasteiger partial charge in [-0.1, -0.05) is 19.8 Å². The molecular weight excluding hydrogens is 252 g/mol. The first-order chi connectivity index (χ1) is 9.32. The van der Waals surface area contributed by atoms with Crippen molar-refractivity contribution in [2.24, 2.45) is 0 Å². The Morgan fingerprint density at radius 2 is 1.90 bits per heavy atom. The third kappa shape index (κ3) is 5.80. The molecule has 120 valence electrons. The molecule has 0 amide bonds. The van der Waals surface area contributed by atoms with Gasteiger partial charge in [0.15, 0.2) is 0 Å². The first kappa shape index (κ1) is 19.4. The van der Waals surface area contributed by atoms with Gasteiger partial charge in [0.2, 0.25) is 0 Å². The van der Waals surface area contributed by atoms with E-state index >= 15 is 0 Å². The van der Waals surface area contributed by atoms with Crippen molar-refractivity contribution in [3.63, 3.8) is 0 Å². The van der Waals surface area contributed by atoms with Crippen molar-refractivity contribution < 1.29 is 9.53 Å². The molecule has 0 bridgehead atoms. The summed E-state index contributed by atoms with van der Waals surface area (Å²) in [7, 11) is 3.27. The number of hydrogen-bond donors (Lipinski definition) is 1. The quantitative estimate of drug-likeness (QED) is 0.495. The number of methoxy groups -OCH3 is 1. The first-order valence-corrected chi connectivity index (χ1v) is 7.85. The third-order valence-electron chi connectivity index (χ3n) is 4.14. The lowest BCUT2D eigenvalue weighted by Gasteiger charge is -2.37. The number of rotatable bonds is 10. The Morgan fingerprint density at radius 3 is 2.30 bits per heavy atom. The molecule has 0 aliphatic rings. The van der Waals surface area contributed by atoms with Crippen LogP contribution in [0.15, 0.2) is 0 Å². The van der Waals surface area contributed by atoms with Crippen LogP contribution in [0.3, 0.4) is 0 Å². The zero-order valence-corrected chi connectivity index (χ0v) is 14.5. The minimum absolute atomic E-state index is 0.191. The van der Waals surface area contributed by atoms with Crippen molar-refractivity contribution in [2.45, 2.75) is 77.9 Å². The highest BCUT2D eigenvalue weighted by molar-refractivity contribution is 5.80. The predicted octanol–water partition coefficient (Wildman–Crippen LogP) is 2.82. The monoisotopic (exact) mass is 286 g/mol. The SMILES string of the molecule is CCCCCN(C(C)C)C(C)CC(C)(NC)C(=O)OC. The average molecular weight is 286 g/mol. The van der Waals surface area contributed by atoms with E-state index in [2.05, 4.69) is 37.9 Å². The van der Waals surface area contributed by atoms with Gasteiger partial charge in [-0.3, -0.25) is 9.69 Å². The number of unbranched alkanes of at least 4 members (excludes halogenated alkanes) is 2. The number of carbonyl (C=O) groups is 1. The van der Waals surface area contributed by atoms with Crippen LogP contribution in [0.1, 0.15) is 60.3 Å². The number of carbonyl (C=O) groups excluding carboxylic acids is 1. The lowest BCUT2D eigenvalue weighted by molar-refractivity contribution is -0.148. The molecule has 1 N–H and O–H groups in total. The fraction of sp³-hybridized carbons (Fsp3) is 0.938. The second kappa shape index (κ2) is 9.35. The van der Waals surface area contributed by atoms with Crippen molar-refractivity contribution in [1.29, 1.82) is 0 Å². The van der Waals surface area contributed by atoms with Crippen molar-refractivity contribution in [3.8, 4) is 0 Å². The second-order valence-corrected chi connectivity index (χ2v) is 6.17. The molecule has 0 aliphatic carbocycles. The average Bonchev–Trinajstić information content (AvgIpc) is 2.41. The Hall–Kier alpha value is -0.610. The lowest BCUT2D eigenvalue weighted by Crippen LogP contribution is -2.53. The summed E-state index contributed by atoms with van der Waals surface area (Å²) in [5, 5.41) is 3.12. The van der Waals surface area contributed by atoms with E-state index in [9.17, 15) is 4.79 Å². The maximum Gasteiger partial charge on any atom is 0.325 e. The van der Waals surface area contributed by atoms with Gasteiger partial charge in [0.05, 0.1) is 7.11 Å². The Bertz CT molecular complexity index is 282. The van der Waals surface area contributed by atoms with Gasteiger partial charge < -0.3 is 10.1 Å². The lowest BCUT2D eigenvalue weighted by atomic mass is 9.92. The van der Waals surface area contributed by atoms with Gasteiger partial charge in [0.1, 0.15) is 5.54 Å². The van der Waals surface area contributed by atoms with Crippen LogP contribution in [0.2, 0.25) is 0 Å². The summed E-state index contributed by atoms with van der Waals surface area (Å²) in [5.41, 5.74) is -0.619. The number of nitrogens with zero attached hydrogens (tertiary/aromatic N) is 1. The summed E-state index contributed by atoms with van der Waals surface area (Å²) in [5.74, 6) is -0.191. The molecule has 4 nitrogen and oxygen atoms in total. The molecule has 0 fully saturated rings. The zero-order valence-electron chi connectivity index (χ0n) is 14.5. The molecule has 20 heavy (non-hydrogen) atoms. The molecule has 0 aromatic heterocycles. The largest absolute Gasteiger partial charge is 0.468 e. The van der Waals surface area contributed by atoms with Crippen LogP contribution in [0, 0.1) is 0 Å². The summed E-state index contributed by atoms with van der Waals surface area (Å²) in [4.78, 5) is 14.4. The van der Waals surface area contributed by atoms with E-state index in [0.29, 0.717) is 12.1 Å². The van der Waals surface area contributed by atoms with Crippen LogP contribution in [-0.4, -0.2) is 49.2 Å². The highest BCUT2D eigenvalue weighted by atomic mass is 16.5. The molecule has 0 heterocycles. The normalized spacial score (nSPS) is 16.2. The number of nitrogens with one attached hydrogen (secondary N) is 1. The molecule has 0 rings (SSSR count). The molecule has 0 radical (unpaired) electrons. The van der Waals surface area contributed by atoms with E-state index in [-0.39, 0.29) is 5.97 Å². The highest BCUT2D eigenvalue weighted by Gasteiger charge is 2.35. The molecule has 4 heteroatoms. The van der Waals surface area contributed by atoms with E-state index in [4.69, 9.17) is 4.74 Å². The molecule has 0 aromatic carbocycles. The van der Waals surface area contributed by atoms with Crippen LogP contribution in [0.4, 0.5) is 0 Å². The van der Waals surface area contributed by atoms with E-state index in [1.165, 1.54) is 26.4 Å². The molecule has 0 aromatic rings. The topological polar surface area (TPSA) is 41.6 Å². The van der Waals surface area contributed by atoms with E-state index < -0.39 is 5.54 Å². The molecule has 0 aliphatic heterocycles. The molecule has 2 atom stereocenters. The van der Waals surface area contributed by atoms with E-state index in [1.807, 2.05) is 14.0 Å². The zero-order chi connectivity index (χ0) is 15.8. The van der Waals surface area contributed by atoms with Gasteiger partial charge in [0, 0.05) is 12.1 Å². The van der Waals surface area contributed by atoms with Gasteiger partial charge >= 0.3 is 5.97 Å². The Labute approximate surface area is 125 Å². The number of hydrogen-bond acceptors (Lipinski definition) is 4. The summed E-state index contributed by atoms with van der Waals surface area (Å²) in [6.45, 7) is 11.9. The van der Waals surface area contributed by atoms with Gasteiger partial charge in [-0.05, 0) is 54.1 Å². The minimum Gasteiger partial charge on any atom is -0.468 e. The number of likely N-dealkylation sites (N-methyl/N-ethyl adjacent to an activating group) is 1. The summed E-state index contributed by atoms with van der Waals surface area (Å²) in [6.07, 6.45) is 4.46. The minimum atomic E-state index is -0.619. The number of ether oxygens (including phenoxy) is 1. The summed E-state index contributed by atoms with van der Waals surface area (Å²) < 4.78 is 4.93. The third-order valence-corrected chi connectivity index (χ3v) is 4.14. The fourth-order valence-corrected chi connectivity index (χ4v) is 2.75. The summed E-state index contributed by atoms with van der Waals surface area (Å²) in [6, 6.07) is 0.823. The van der Waals surface area contributed by atoms with Crippen LogP contribution in [0.25, 0.3) is 0 Å². The Kier molecular flexibility index (Phi) is 9.06. The standard InChI is InChI=1S/C16H34N2O2/c1-8-9-10-11-18(13(2)3)14(4)12-16(5,17-6)15(19)20-7/h13-14,17H,8-12H2,1-7H3. The predicted molar refractivity (Wildman–Crippen MR) is 84.9 cm³/mol. The second-order valence-electron chi connectivity index (χ2n) is 6.17. The molecule has 0 spiro atoms. The molecule has 0 saturated carbocycles. The van der Waals surface area contributed by atoms with Crippen LogP contribution in [0.5, 0.6) is 0 Å². The van der Waals surface area contributed by atoms with Crippen LogP contribution < -0.4 is 5.32 Å². The fourth-order valence-electron chi connectivity index (χ4n) is 2.75. The molecule has 2 unspecified atom stereocenters. The van der Waals surface area contributed by atoms with Gasteiger partial charge in [-0.25, -0.2) is 0 Å². The smallest absolute Gasteiger partial charge is 0.325 e. The van der Waals surface area contributed by atoms with Crippen LogP contribution >= 0.6 is 0 Å². The summed E-state index contributed by atoms with van der Waals surface area (Å²) >= 11 is 0. The maximum absolute atomic E-state index is 11.9. The number of esters is 1. The van der Waals surface area contributed by atoms with Crippen molar-refractivity contribution >= 4 is 5.97 Å². The van der Waals surface area contributed by atoms with E-state index in [0.717, 1.165) is 13.0 Å². The first-order valence-electron chi connectivity index (χ1n) is 7.85. The van der Waals surface area contributed by atoms with Gasteiger partial charge in [-0.2, -0.15) is 0 Å². The highest BCUT2D eigenvalue weighted by Crippen LogP contribution is 2.20. The van der Waals surface area contributed by atoms with Crippen molar-refractivity contribution in [2.75, 3.05) is 20.7 Å². The molecular formula is C16H34N2O2. The van der Waals surface area contributed by atoms with Crippen LogP contribution in [-0.2, 0) is 9.53 Å². The van der Waals surface area contributed by atoms with Crippen molar-refractivity contribution in [3.05, 3.63) is 0 Å². The van der Waals surface area contributed by atoms with Crippen molar-refractivity contribution in [1.82, 2.24) is 10.2 Å². The van der Waals surface area contributed by atoms with Gasteiger partial charge in [0.25, 0.3) is 0 Å². The van der Waals surface area contributed by atoms with Gasteiger partial charge in [-0.15, -0.1) is 0 Å². The molecule has 0 saturated heterocycles.